The first kappa shape index (κ1) is 35.0. The van der Waals surface area contributed by atoms with Gasteiger partial charge in [-0.05, 0) is 51.9 Å². The Balaban J connectivity index is 3.88. The quantitative estimate of drug-likeness (QED) is 0.0511. The predicted molar refractivity (Wildman–Crippen MR) is 137 cm³/mol. The van der Waals surface area contributed by atoms with E-state index >= 15 is 0 Å². The highest BCUT2D eigenvalue weighted by Gasteiger charge is 2.20. The zero-order valence-corrected chi connectivity index (χ0v) is 22.7. The standard InChI is InChI=1S/C27H38O12/c1-6-14-35-23(29)20(4)25(31)37-16-11-9-13-18-39-27(33)21(5)26(32)38-17-12-8-10-15-36-24(30)19(3)22(28)34-7-2/h3-18H2,1-2H3. The number of carbonyl (C=O) groups is 6. The molecule has 0 aromatic heterocycles. The minimum absolute atomic E-state index is 0.0239. The molecule has 0 aliphatic carbocycles. The molecule has 12 heteroatoms. The zero-order valence-electron chi connectivity index (χ0n) is 22.7. The van der Waals surface area contributed by atoms with Crippen LogP contribution in [0.2, 0.25) is 0 Å². The first-order valence-electron chi connectivity index (χ1n) is 12.7. The molecule has 218 valence electrons. The molecule has 0 N–H and O–H groups in total. The van der Waals surface area contributed by atoms with Gasteiger partial charge in [0.05, 0.1) is 39.6 Å². The average Bonchev–Trinajstić information content (AvgIpc) is 2.92. The largest absolute Gasteiger partial charge is 0.462 e. The van der Waals surface area contributed by atoms with E-state index in [1.54, 1.807) is 6.92 Å². The van der Waals surface area contributed by atoms with Gasteiger partial charge in [0.15, 0.2) is 0 Å². The van der Waals surface area contributed by atoms with Gasteiger partial charge in [0.1, 0.15) is 16.7 Å². The van der Waals surface area contributed by atoms with E-state index in [2.05, 4.69) is 24.5 Å². The second kappa shape index (κ2) is 21.0. The predicted octanol–water partition coefficient (Wildman–Crippen LogP) is 2.68. The highest BCUT2D eigenvalue weighted by atomic mass is 16.6. The second-order valence-corrected chi connectivity index (χ2v) is 7.96. The highest BCUT2D eigenvalue weighted by molar-refractivity contribution is 6.14. The summed E-state index contributed by atoms with van der Waals surface area (Å²) in [4.78, 5) is 70.1. The van der Waals surface area contributed by atoms with Crippen LogP contribution in [0.1, 0.15) is 58.8 Å². The van der Waals surface area contributed by atoms with Gasteiger partial charge in [0.2, 0.25) is 0 Å². The van der Waals surface area contributed by atoms with Crippen LogP contribution in [0.3, 0.4) is 0 Å². The Morgan fingerprint density at radius 3 is 0.923 bits per heavy atom. The Morgan fingerprint density at radius 1 is 0.410 bits per heavy atom. The maximum absolute atomic E-state index is 11.9. The van der Waals surface area contributed by atoms with Crippen molar-refractivity contribution in [3.05, 3.63) is 36.5 Å². The summed E-state index contributed by atoms with van der Waals surface area (Å²) in [6.07, 6.45) is 3.54. The van der Waals surface area contributed by atoms with Crippen LogP contribution in [0, 0.1) is 0 Å². The van der Waals surface area contributed by atoms with E-state index in [-0.39, 0.29) is 50.8 Å². The molecule has 0 atom stereocenters. The normalized spacial score (nSPS) is 10.0. The molecule has 0 bridgehead atoms. The Labute approximate surface area is 228 Å². The molecule has 0 aliphatic heterocycles. The molecule has 0 unspecified atom stereocenters. The first-order valence-corrected chi connectivity index (χ1v) is 12.7. The number of carbonyl (C=O) groups excluding carboxylic acids is 6. The third-order valence-electron chi connectivity index (χ3n) is 4.70. The van der Waals surface area contributed by atoms with Crippen molar-refractivity contribution >= 4 is 35.8 Å². The van der Waals surface area contributed by atoms with E-state index in [0.717, 1.165) is 0 Å². The van der Waals surface area contributed by atoms with Crippen molar-refractivity contribution in [1.29, 1.82) is 0 Å². The lowest BCUT2D eigenvalue weighted by Gasteiger charge is -2.09. The third kappa shape index (κ3) is 15.8. The zero-order chi connectivity index (χ0) is 29.6. The van der Waals surface area contributed by atoms with Crippen LogP contribution in [-0.4, -0.2) is 75.5 Å². The van der Waals surface area contributed by atoms with Crippen molar-refractivity contribution in [3.8, 4) is 0 Å². The fourth-order valence-corrected chi connectivity index (χ4v) is 2.52. The summed E-state index contributed by atoms with van der Waals surface area (Å²) >= 11 is 0. The van der Waals surface area contributed by atoms with Gasteiger partial charge in [-0.3, -0.25) is 0 Å². The van der Waals surface area contributed by atoms with Gasteiger partial charge < -0.3 is 28.4 Å². The van der Waals surface area contributed by atoms with Crippen LogP contribution < -0.4 is 0 Å². The van der Waals surface area contributed by atoms with Crippen LogP contribution in [0.5, 0.6) is 0 Å². The topological polar surface area (TPSA) is 158 Å². The van der Waals surface area contributed by atoms with E-state index in [0.29, 0.717) is 44.9 Å². The van der Waals surface area contributed by atoms with E-state index < -0.39 is 41.4 Å². The molecule has 0 heterocycles. The van der Waals surface area contributed by atoms with Crippen LogP contribution >= 0.6 is 0 Å². The molecule has 0 saturated heterocycles. The third-order valence-corrected chi connectivity index (χ3v) is 4.70. The summed E-state index contributed by atoms with van der Waals surface area (Å²) in [7, 11) is 0. The van der Waals surface area contributed by atoms with E-state index in [1.165, 1.54) is 0 Å². The Bertz CT molecular complexity index is 902. The number of rotatable bonds is 21. The SMILES string of the molecule is C=C(C(=O)OCC)C(=O)OCCCCCOC(=O)C(=C)C(=O)OCCCCCOC(=O)C(=C)C(=O)OCCC. The molecule has 0 saturated carbocycles. The lowest BCUT2D eigenvalue weighted by molar-refractivity contribution is -0.148. The second-order valence-electron chi connectivity index (χ2n) is 7.96. The van der Waals surface area contributed by atoms with Gasteiger partial charge in [0, 0.05) is 0 Å². The molecule has 0 spiro atoms. The van der Waals surface area contributed by atoms with Crippen molar-refractivity contribution < 1.29 is 57.2 Å². The van der Waals surface area contributed by atoms with Crippen molar-refractivity contribution in [1.82, 2.24) is 0 Å². The monoisotopic (exact) mass is 554 g/mol. The van der Waals surface area contributed by atoms with Gasteiger partial charge in [0.25, 0.3) is 0 Å². The van der Waals surface area contributed by atoms with Gasteiger partial charge in [-0.1, -0.05) is 26.7 Å². The lowest BCUT2D eigenvalue weighted by atomic mass is 10.2. The Kier molecular flexibility index (Phi) is 18.9. The maximum atomic E-state index is 11.9. The van der Waals surface area contributed by atoms with Gasteiger partial charge in [-0.15, -0.1) is 0 Å². The minimum atomic E-state index is -0.901. The smallest absolute Gasteiger partial charge is 0.344 e. The van der Waals surface area contributed by atoms with E-state index in [9.17, 15) is 28.8 Å². The number of ether oxygens (including phenoxy) is 6. The minimum Gasteiger partial charge on any atom is -0.462 e. The molecule has 0 aromatic carbocycles. The van der Waals surface area contributed by atoms with Crippen molar-refractivity contribution in [3.63, 3.8) is 0 Å². The number of esters is 6. The van der Waals surface area contributed by atoms with E-state index in [1.807, 2.05) is 6.92 Å². The van der Waals surface area contributed by atoms with Crippen LogP contribution in [0.25, 0.3) is 0 Å². The van der Waals surface area contributed by atoms with Crippen LogP contribution in [0.4, 0.5) is 0 Å². The van der Waals surface area contributed by atoms with E-state index in [4.69, 9.17) is 23.7 Å². The van der Waals surface area contributed by atoms with Crippen molar-refractivity contribution in [2.45, 2.75) is 58.8 Å². The average molecular weight is 555 g/mol. The Hall–Kier alpha value is -3.96. The summed E-state index contributed by atoms with van der Waals surface area (Å²) in [6, 6.07) is 0. The molecule has 12 nitrogen and oxygen atoms in total. The Morgan fingerprint density at radius 2 is 0.667 bits per heavy atom. The molecular weight excluding hydrogens is 516 g/mol. The van der Waals surface area contributed by atoms with Crippen LogP contribution in [-0.2, 0) is 57.2 Å². The summed E-state index contributed by atoms with van der Waals surface area (Å²) in [6.45, 7) is 13.9. The molecule has 0 radical (unpaired) electrons. The lowest BCUT2D eigenvalue weighted by Crippen LogP contribution is -2.19. The molecule has 0 fully saturated rings. The number of hydrogen-bond donors (Lipinski definition) is 0. The van der Waals surface area contributed by atoms with Gasteiger partial charge >= 0.3 is 35.8 Å². The maximum Gasteiger partial charge on any atom is 0.344 e. The summed E-state index contributed by atoms with van der Waals surface area (Å²) in [5.74, 6) is -5.15. The first-order chi connectivity index (χ1) is 18.6. The fraction of sp³-hybridized carbons (Fsp3) is 0.556. The summed E-state index contributed by atoms with van der Waals surface area (Å²) < 4.78 is 29.3. The molecule has 39 heavy (non-hydrogen) atoms. The van der Waals surface area contributed by atoms with Crippen LogP contribution in [0.15, 0.2) is 36.5 Å². The summed E-state index contributed by atoms with van der Waals surface area (Å²) in [5, 5.41) is 0. The number of unbranched alkanes of at least 4 members (excludes halogenated alkanes) is 4. The van der Waals surface area contributed by atoms with Crippen molar-refractivity contribution in [2.24, 2.45) is 0 Å². The summed E-state index contributed by atoms with van der Waals surface area (Å²) in [5.41, 5.74) is -1.20. The molecule has 0 rings (SSSR count). The molecule has 0 amide bonds. The molecule has 0 aromatic rings. The van der Waals surface area contributed by atoms with Gasteiger partial charge in [-0.25, -0.2) is 28.8 Å². The van der Waals surface area contributed by atoms with Gasteiger partial charge in [-0.2, -0.15) is 0 Å². The number of hydrogen-bond acceptors (Lipinski definition) is 12. The fourth-order valence-electron chi connectivity index (χ4n) is 2.52. The van der Waals surface area contributed by atoms with Crippen molar-refractivity contribution in [2.75, 3.05) is 39.6 Å². The molecular formula is C27H38O12. The highest BCUT2D eigenvalue weighted by Crippen LogP contribution is 2.06. The molecule has 0 aliphatic rings.